The SMILES string of the molecule is CCOc1cc(/C=C2\C(=O)NC(=O)N(c3cc(C)ccc3C)C2=O)ccc1OCc1cccc(Cl)c1. The average Bonchev–Trinajstić information content (AvgIpc) is 2.83. The van der Waals surface area contributed by atoms with Crippen LogP contribution in [0.5, 0.6) is 11.5 Å². The fourth-order valence-corrected chi connectivity index (χ4v) is 4.01. The molecule has 7 nitrogen and oxygen atoms in total. The molecule has 184 valence electrons. The van der Waals surface area contributed by atoms with E-state index in [1.54, 1.807) is 37.3 Å². The minimum absolute atomic E-state index is 0.162. The number of amides is 4. The van der Waals surface area contributed by atoms with Crippen molar-refractivity contribution in [2.45, 2.75) is 27.4 Å². The summed E-state index contributed by atoms with van der Waals surface area (Å²) in [5.41, 5.74) is 3.33. The van der Waals surface area contributed by atoms with Crippen molar-refractivity contribution in [2.75, 3.05) is 11.5 Å². The van der Waals surface area contributed by atoms with Crippen molar-refractivity contribution in [1.82, 2.24) is 5.32 Å². The minimum atomic E-state index is -0.782. The number of hydrogen-bond acceptors (Lipinski definition) is 5. The number of ether oxygens (including phenoxy) is 2. The van der Waals surface area contributed by atoms with Crippen LogP contribution >= 0.6 is 11.6 Å². The van der Waals surface area contributed by atoms with Gasteiger partial charge in [0.15, 0.2) is 11.5 Å². The van der Waals surface area contributed by atoms with Gasteiger partial charge in [-0.05, 0) is 79.4 Å². The zero-order valence-electron chi connectivity index (χ0n) is 20.1. The van der Waals surface area contributed by atoms with Crippen LogP contribution in [0.2, 0.25) is 5.02 Å². The number of halogens is 1. The molecular formula is C28H25ClN2O5. The van der Waals surface area contributed by atoms with Gasteiger partial charge < -0.3 is 9.47 Å². The van der Waals surface area contributed by atoms with Crippen LogP contribution in [0.25, 0.3) is 6.08 Å². The molecule has 8 heteroatoms. The number of anilines is 1. The number of carbonyl (C=O) groups is 3. The maximum absolute atomic E-state index is 13.3. The van der Waals surface area contributed by atoms with Gasteiger partial charge in [0.25, 0.3) is 11.8 Å². The molecule has 0 radical (unpaired) electrons. The van der Waals surface area contributed by atoms with Crippen molar-refractivity contribution in [3.63, 3.8) is 0 Å². The molecule has 1 saturated heterocycles. The molecule has 0 spiro atoms. The van der Waals surface area contributed by atoms with Gasteiger partial charge in [0.05, 0.1) is 12.3 Å². The predicted octanol–water partition coefficient (Wildman–Crippen LogP) is 5.60. The summed E-state index contributed by atoms with van der Waals surface area (Å²) in [6.45, 7) is 6.18. The quantitative estimate of drug-likeness (QED) is 0.334. The number of benzene rings is 3. The second-order valence-electron chi connectivity index (χ2n) is 8.31. The standard InChI is InChI=1S/C28H25ClN2O5/c1-4-35-25-15-19(10-11-24(25)36-16-20-6-5-7-21(29)13-20)14-22-26(32)30-28(34)31(27(22)33)23-12-17(2)8-9-18(23)3/h5-15H,4,16H2,1-3H3,(H,30,32,34)/b22-14+. The second-order valence-corrected chi connectivity index (χ2v) is 8.74. The van der Waals surface area contributed by atoms with Gasteiger partial charge in [-0.2, -0.15) is 0 Å². The summed E-state index contributed by atoms with van der Waals surface area (Å²) < 4.78 is 11.7. The molecule has 1 fully saturated rings. The Kier molecular flexibility index (Phi) is 7.41. The lowest BCUT2D eigenvalue weighted by Gasteiger charge is -2.27. The Morgan fingerprint density at radius 3 is 2.50 bits per heavy atom. The van der Waals surface area contributed by atoms with Gasteiger partial charge in [0.2, 0.25) is 0 Å². The molecule has 0 unspecified atom stereocenters. The van der Waals surface area contributed by atoms with Crippen molar-refractivity contribution >= 4 is 41.2 Å². The maximum atomic E-state index is 13.3. The lowest BCUT2D eigenvalue weighted by molar-refractivity contribution is -0.122. The summed E-state index contributed by atoms with van der Waals surface area (Å²) in [5.74, 6) is -0.493. The van der Waals surface area contributed by atoms with Crippen LogP contribution in [-0.2, 0) is 16.2 Å². The monoisotopic (exact) mass is 504 g/mol. The second kappa shape index (κ2) is 10.7. The number of nitrogens with zero attached hydrogens (tertiary/aromatic N) is 1. The van der Waals surface area contributed by atoms with Crippen LogP contribution in [0, 0.1) is 13.8 Å². The van der Waals surface area contributed by atoms with Crippen molar-refractivity contribution in [3.05, 3.63) is 93.5 Å². The van der Waals surface area contributed by atoms with Crippen LogP contribution in [0.4, 0.5) is 10.5 Å². The molecule has 4 amide bonds. The van der Waals surface area contributed by atoms with E-state index in [4.69, 9.17) is 21.1 Å². The number of nitrogens with one attached hydrogen (secondary N) is 1. The summed E-state index contributed by atoms with van der Waals surface area (Å²) in [4.78, 5) is 39.4. The summed E-state index contributed by atoms with van der Waals surface area (Å²) in [6.07, 6.45) is 1.44. The summed E-state index contributed by atoms with van der Waals surface area (Å²) in [6, 6.07) is 17.1. The molecule has 36 heavy (non-hydrogen) atoms. The molecule has 1 aliphatic rings. The first-order chi connectivity index (χ1) is 17.3. The van der Waals surface area contributed by atoms with E-state index in [-0.39, 0.29) is 12.2 Å². The molecule has 3 aromatic carbocycles. The van der Waals surface area contributed by atoms with Gasteiger partial charge >= 0.3 is 6.03 Å². The third-order valence-electron chi connectivity index (χ3n) is 5.57. The van der Waals surface area contributed by atoms with Crippen LogP contribution in [0.3, 0.4) is 0 Å². The molecule has 0 atom stereocenters. The molecule has 3 aromatic rings. The molecule has 0 saturated carbocycles. The highest BCUT2D eigenvalue weighted by molar-refractivity contribution is 6.39. The Morgan fingerprint density at radius 2 is 1.75 bits per heavy atom. The van der Waals surface area contributed by atoms with Gasteiger partial charge in [-0.15, -0.1) is 0 Å². The molecule has 0 bridgehead atoms. The Bertz CT molecular complexity index is 1380. The van der Waals surface area contributed by atoms with E-state index < -0.39 is 17.8 Å². The van der Waals surface area contributed by atoms with Crippen LogP contribution in [0.15, 0.2) is 66.2 Å². The molecule has 4 rings (SSSR count). The number of rotatable bonds is 7. The van der Waals surface area contributed by atoms with E-state index in [1.807, 2.05) is 44.2 Å². The molecular weight excluding hydrogens is 480 g/mol. The van der Waals surface area contributed by atoms with Gasteiger partial charge in [0.1, 0.15) is 12.2 Å². The largest absolute Gasteiger partial charge is 0.490 e. The molecule has 1 heterocycles. The third kappa shape index (κ3) is 5.42. The summed E-state index contributed by atoms with van der Waals surface area (Å²) >= 11 is 6.05. The Labute approximate surface area is 214 Å². The van der Waals surface area contributed by atoms with Gasteiger partial charge in [0, 0.05) is 5.02 Å². The Morgan fingerprint density at radius 1 is 0.944 bits per heavy atom. The number of carbonyl (C=O) groups excluding carboxylic acids is 3. The van der Waals surface area contributed by atoms with Crippen molar-refractivity contribution in [1.29, 1.82) is 0 Å². The van der Waals surface area contributed by atoms with Gasteiger partial charge in [-0.1, -0.05) is 41.9 Å². The molecule has 0 aromatic heterocycles. The minimum Gasteiger partial charge on any atom is -0.490 e. The Hall–Kier alpha value is -4.10. The fraction of sp³-hybridized carbons (Fsp3) is 0.179. The first kappa shape index (κ1) is 25.0. The van der Waals surface area contributed by atoms with E-state index in [0.29, 0.717) is 34.4 Å². The normalized spacial score (nSPS) is 14.7. The van der Waals surface area contributed by atoms with E-state index in [1.165, 1.54) is 6.08 Å². The molecule has 1 aliphatic heterocycles. The number of aryl methyl sites for hydroxylation is 2. The van der Waals surface area contributed by atoms with Crippen LogP contribution in [-0.4, -0.2) is 24.5 Å². The highest BCUT2D eigenvalue weighted by Crippen LogP contribution is 2.31. The summed E-state index contributed by atoms with van der Waals surface area (Å²) in [7, 11) is 0. The first-order valence-corrected chi connectivity index (χ1v) is 11.8. The topological polar surface area (TPSA) is 84.9 Å². The van der Waals surface area contributed by atoms with Gasteiger partial charge in [-0.25, -0.2) is 9.69 Å². The maximum Gasteiger partial charge on any atom is 0.335 e. The fourth-order valence-electron chi connectivity index (χ4n) is 3.79. The van der Waals surface area contributed by atoms with E-state index in [0.717, 1.165) is 21.6 Å². The number of urea groups is 1. The van der Waals surface area contributed by atoms with E-state index in [2.05, 4.69) is 5.32 Å². The van der Waals surface area contributed by atoms with Crippen molar-refractivity contribution in [3.8, 4) is 11.5 Å². The smallest absolute Gasteiger partial charge is 0.335 e. The van der Waals surface area contributed by atoms with E-state index in [9.17, 15) is 14.4 Å². The highest BCUT2D eigenvalue weighted by atomic mass is 35.5. The van der Waals surface area contributed by atoms with E-state index >= 15 is 0 Å². The summed E-state index contributed by atoms with van der Waals surface area (Å²) in [5, 5.41) is 2.88. The van der Waals surface area contributed by atoms with Crippen LogP contribution < -0.4 is 19.7 Å². The zero-order chi connectivity index (χ0) is 25.8. The molecule has 1 N–H and O–H groups in total. The lowest BCUT2D eigenvalue weighted by Crippen LogP contribution is -2.54. The average molecular weight is 505 g/mol. The lowest BCUT2D eigenvalue weighted by atomic mass is 10.0. The number of imide groups is 2. The van der Waals surface area contributed by atoms with Crippen molar-refractivity contribution < 1.29 is 23.9 Å². The highest BCUT2D eigenvalue weighted by Gasteiger charge is 2.37. The third-order valence-corrected chi connectivity index (χ3v) is 5.80. The van der Waals surface area contributed by atoms with Crippen LogP contribution in [0.1, 0.15) is 29.2 Å². The predicted molar refractivity (Wildman–Crippen MR) is 138 cm³/mol. The Balaban J connectivity index is 1.63. The zero-order valence-corrected chi connectivity index (χ0v) is 20.9. The van der Waals surface area contributed by atoms with Gasteiger partial charge in [-0.3, -0.25) is 14.9 Å². The number of barbiturate groups is 1. The number of hydrogen-bond donors (Lipinski definition) is 1. The first-order valence-electron chi connectivity index (χ1n) is 11.4. The van der Waals surface area contributed by atoms with Crippen molar-refractivity contribution in [2.24, 2.45) is 0 Å². The molecule has 0 aliphatic carbocycles.